The van der Waals surface area contributed by atoms with E-state index in [-0.39, 0.29) is 4.48 Å². The summed E-state index contributed by atoms with van der Waals surface area (Å²) in [5.41, 5.74) is 0. The molecule has 0 saturated carbocycles. The number of likely N-dealkylation sites (tertiary alicyclic amines) is 1. The topological polar surface area (TPSA) is 0 Å². The van der Waals surface area contributed by atoms with Crippen molar-refractivity contribution in [1.82, 2.24) is 0 Å². The zero-order valence-corrected chi connectivity index (χ0v) is 7.87. The van der Waals surface area contributed by atoms with Crippen LogP contribution < -0.4 is 0 Å². The summed E-state index contributed by atoms with van der Waals surface area (Å²) in [5, 5.41) is 0. The van der Waals surface area contributed by atoms with Crippen LogP contribution in [-0.2, 0) is 0 Å². The Morgan fingerprint density at radius 2 is 1.43 bits per heavy atom. The Balaban J connectivity index is 2.67. The molecule has 6 heteroatoms. The predicted molar refractivity (Wildman–Crippen MR) is 41.0 cm³/mol. The van der Waals surface area contributed by atoms with E-state index in [1.807, 2.05) is 0 Å². The molecule has 1 fully saturated rings. The number of rotatable bonds is 2. The van der Waals surface area contributed by atoms with Gasteiger partial charge < -0.3 is 4.48 Å². The maximum Gasteiger partial charge on any atom is 0.459 e. The van der Waals surface area contributed by atoms with Gasteiger partial charge in [-0.25, -0.2) is 0 Å². The number of nitrogens with zero attached hydrogens (tertiary/aromatic N) is 1. The molecule has 0 amide bonds. The van der Waals surface area contributed by atoms with Crippen molar-refractivity contribution >= 4 is 0 Å². The predicted octanol–water partition coefficient (Wildman–Crippen LogP) is 2.42. The molecule has 0 aliphatic carbocycles. The largest absolute Gasteiger partial charge is 0.459 e. The number of alkyl halides is 5. The van der Waals surface area contributed by atoms with Gasteiger partial charge >= 0.3 is 12.1 Å². The second-order valence-electron chi connectivity index (χ2n) is 4.13. The zero-order chi connectivity index (χ0) is 11.0. The zero-order valence-electron chi connectivity index (χ0n) is 7.87. The van der Waals surface area contributed by atoms with E-state index in [1.165, 1.54) is 7.05 Å². The van der Waals surface area contributed by atoms with Gasteiger partial charge in [-0.1, -0.05) is 0 Å². The molecular weight excluding hydrogens is 205 g/mol. The molecule has 0 radical (unpaired) electrons. The molecule has 0 spiro atoms. The molecular formula is C8H13F5N+. The highest BCUT2D eigenvalue weighted by Gasteiger charge is 2.61. The standard InChI is InChI=1S/C8H13F5N/c1-14(4-2-3-5-14)6-7(9,10)8(11,12)13/h2-6H2,1H3/q+1. The van der Waals surface area contributed by atoms with Crippen LogP contribution in [0, 0.1) is 0 Å². The normalized spacial score (nSPS) is 22.7. The molecule has 0 aromatic carbocycles. The van der Waals surface area contributed by atoms with Crippen LogP contribution in [0.15, 0.2) is 0 Å². The van der Waals surface area contributed by atoms with Crippen LogP contribution in [0.3, 0.4) is 0 Å². The van der Waals surface area contributed by atoms with Crippen LogP contribution in [0.25, 0.3) is 0 Å². The Hall–Kier alpha value is -0.390. The van der Waals surface area contributed by atoms with E-state index < -0.39 is 18.6 Å². The Bertz CT molecular complexity index is 204. The molecule has 84 valence electrons. The minimum absolute atomic E-state index is 0.174. The molecule has 1 rings (SSSR count). The molecule has 1 aliphatic heterocycles. The first-order valence-corrected chi connectivity index (χ1v) is 4.44. The first-order chi connectivity index (χ1) is 6.16. The summed E-state index contributed by atoms with van der Waals surface area (Å²) in [7, 11) is 1.45. The minimum atomic E-state index is -5.42. The fourth-order valence-corrected chi connectivity index (χ4v) is 1.83. The molecule has 1 nitrogen and oxygen atoms in total. The van der Waals surface area contributed by atoms with Gasteiger partial charge in [-0.2, -0.15) is 22.0 Å². The highest BCUT2D eigenvalue weighted by Crippen LogP contribution is 2.38. The van der Waals surface area contributed by atoms with Gasteiger partial charge in [-0.05, 0) is 0 Å². The lowest BCUT2D eigenvalue weighted by Crippen LogP contribution is -2.54. The highest BCUT2D eigenvalue weighted by molar-refractivity contribution is 4.76. The fourth-order valence-electron chi connectivity index (χ4n) is 1.83. The number of hydrogen-bond acceptors (Lipinski definition) is 0. The van der Waals surface area contributed by atoms with Gasteiger partial charge in [0.25, 0.3) is 0 Å². The van der Waals surface area contributed by atoms with Crippen LogP contribution in [0.5, 0.6) is 0 Å². The Morgan fingerprint density at radius 3 is 1.79 bits per heavy atom. The van der Waals surface area contributed by atoms with Gasteiger partial charge in [0.1, 0.15) is 0 Å². The van der Waals surface area contributed by atoms with Crippen LogP contribution in [0.2, 0.25) is 0 Å². The second-order valence-corrected chi connectivity index (χ2v) is 4.13. The van der Waals surface area contributed by atoms with Crippen molar-refractivity contribution in [3.8, 4) is 0 Å². The van der Waals surface area contributed by atoms with E-state index in [0.29, 0.717) is 13.1 Å². The molecule has 0 N–H and O–H groups in total. The summed E-state index contributed by atoms with van der Waals surface area (Å²) in [4.78, 5) is 0. The van der Waals surface area contributed by atoms with Gasteiger partial charge in [-0.15, -0.1) is 0 Å². The first kappa shape index (κ1) is 11.7. The molecule has 1 aliphatic rings. The number of quaternary nitrogens is 1. The van der Waals surface area contributed by atoms with Crippen molar-refractivity contribution in [3.05, 3.63) is 0 Å². The smallest absolute Gasteiger partial charge is 0.321 e. The average Bonchev–Trinajstić information content (AvgIpc) is 2.31. The molecule has 1 heterocycles. The first-order valence-electron chi connectivity index (χ1n) is 4.44. The van der Waals surface area contributed by atoms with Crippen LogP contribution >= 0.6 is 0 Å². The van der Waals surface area contributed by atoms with E-state index in [9.17, 15) is 22.0 Å². The lowest BCUT2D eigenvalue weighted by Gasteiger charge is -2.33. The second kappa shape index (κ2) is 3.32. The molecule has 0 atom stereocenters. The van der Waals surface area contributed by atoms with Crippen molar-refractivity contribution in [2.45, 2.75) is 24.9 Å². The van der Waals surface area contributed by atoms with Crippen molar-refractivity contribution in [3.63, 3.8) is 0 Å². The summed E-state index contributed by atoms with van der Waals surface area (Å²) in [5.74, 6) is -4.56. The molecule has 0 bridgehead atoms. The van der Waals surface area contributed by atoms with E-state index in [0.717, 1.165) is 12.8 Å². The van der Waals surface area contributed by atoms with Gasteiger partial charge in [0, 0.05) is 12.8 Å². The van der Waals surface area contributed by atoms with Crippen LogP contribution in [0.4, 0.5) is 22.0 Å². The van der Waals surface area contributed by atoms with E-state index in [2.05, 4.69) is 0 Å². The van der Waals surface area contributed by atoms with Gasteiger partial charge in [-0.3, -0.25) is 0 Å². The SMILES string of the molecule is C[N+]1(CC(F)(F)C(F)(F)F)CCCC1. The van der Waals surface area contributed by atoms with Crippen molar-refractivity contribution < 1.29 is 26.4 Å². The summed E-state index contributed by atoms with van der Waals surface area (Å²) >= 11 is 0. The molecule has 14 heavy (non-hydrogen) atoms. The molecule has 0 aromatic rings. The quantitative estimate of drug-likeness (QED) is 0.493. The molecule has 0 aromatic heterocycles. The highest BCUT2D eigenvalue weighted by atomic mass is 19.4. The minimum Gasteiger partial charge on any atom is -0.321 e. The monoisotopic (exact) mass is 218 g/mol. The maximum absolute atomic E-state index is 12.7. The Morgan fingerprint density at radius 1 is 1.00 bits per heavy atom. The molecule has 0 unspecified atom stereocenters. The third-order valence-electron chi connectivity index (χ3n) is 2.64. The van der Waals surface area contributed by atoms with Crippen molar-refractivity contribution in [1.29, 1.82) is 0 Å². The summed E-state index contributed by atoms with van der Waals surface area (Å²) in [6.45, 7) is -0.312. The van der Waals surface area contributed by atoms with Crippen LogP contribution in [-0.4, -0.2) is 43.3 Å². The van der Waals surface area contributed by atoms with Gasteiger partial charge in [0.05, 0.1) is 20.1 Å². The molecule has 1 saturated heterocycles. The van der Waals surface area contributed by atoms with Gasteiger partial charge in [0.15, 0.2) is 6.54 Å². The van der Waals surface area contributed by atoms with Crippen molar-refractivity contribution in [2.75, 3.05) is 26.7 Å². The lowest BCUT2D eigenvalue weighted by molar-refractivity contribution is -0.907. The average molecular weight is 218 g/mol. The van der Waals surface area contributed by atoms with Gasteiger partial charge in [0.2, 0.25) is 0 Å². The fraction of sp³-hybridized carbons (Fsp3) is 1.00. The van der Waals surface area contributed by atoms with E-state index in [1.54, 1.807) is 0 Å². The third-order valence-corrected chi connectivity index (χ3v) is 2.64. The Kier molecular flexibility index (Phi) is 2.77. The summed E-state index contributed by atoms with van der Waals surface area (Å²) in [6.07, 6.45) is -3.97. The summed E-state index contributed by atoms with van der Waals surface area (Å²) < 4.78 is 60.9. The van der Waals surface area contributed by atoms with Crippen LogP contribution in [0.1, 0.15) is 12.8 Å². The maximum atomic E-state index is 12.7. The van der Waals surface area contributed by atoms with E-state index in [4.69, 9.17) is 0 Å². The van der Waals surface area contributed by atoms with E-state index >= 15 is 0 Å². The number of halogens is 5. The third kappa shape index (κ3) is 2.34. The lowest BCUT2D eigenvalue weighted by atomic mass is 10.2. The Labute approximate surface area is 79.1 Å². The summed E-state index contributed by atoms with van der Waals surface area (Å²) in [6, 6.07) is 0. The number of hydrogen-bond donors (Lipinski definition) is 0. The van der Waals surface area contributed by atoms with Crippen molar-refractivity contribution in [2.24, 2.45) is 0 Å².